The smallest absolute Gasteiger partial charge is 0.226 e. The van der Waals surface area contributed by atoms with Gasteiger partial charge in [-0.25, -0.2) is 9.97 Å². The maximum absolute atomic E-state index is 6.03. The number of halogens is 1. The van der Waals surface area contributed by atoms with E-state index in [-0.39, 0.29) is 0 Å². The van der Waals surface area contributed by atoms with E-state index in [0.29, 0.717) is 34.7 Å². The summed E-state index contributed by atoms with van der Waals surface area (Å²) in [6.45, 7) is 1.96. The van der Waals surface area contributed by atoms with E-state index >= 15 is 0 Å². The molecule has 1 aromatic carbocycles. The molecule has 0 saturated carbocycles. The summed E-state index contributed by atoms with van der Waals surface area (Å²) in [4.78, 5) is 8.06. The van der Waals surface area contributed by atoms with Crippen molar-refractivity contribution in [1.82, 2.24) is 9.97 Å². The molecule has 0 atom stereocenters. The Morgan fingerprint density at radius 3 is 2.15 bits per heavy atom. The first-order valence-corrected chi connectivity index (χ1v) is 6.46. The van der Waals surface area contributed by atoms with Crippen LogP contribution in [-0.4, -0.2) is 24.2 Å². The van der Waals surface area contributed by atoms with Crippen LogP contribution in [-0.2, 0) is 6.42 Å². The fourth-order valence-electron chi connectivity index (χ4n) is 1.71. The van der Waals surface area contributed by atoms with Crippen molar-refractivity contribution < 1.29 is 14.2 Å². The zero-order valence-electron chi connectivity index (χ0n) is 11.5. The molecule has 0 bridgehead atoms. The summed E-state index contributed by atoms with van der Waals surface area (Å²) in [6, 6.07) is 5.26. The van der Waals surface area contributed by atoms with E-state index < -0.39 is 0 Å². The van der Waals surface area contributed by atoms with E-state index in [1.807, 2.05) is 6.92 Å². The van der Waals surface area contributed by atoms with Crippen LogP contribution in [0.4, 0.5) is 0 Å². The molecule has 1 aromatic heterocycles. The fraction of sp³-hybridized carbons (Fsp3) is 0.286. The van der Waals surface area contributed by atoms with Gasteiger partial charge in [-0.2, -0.15) is 0 Å². The summed E-state index contributed by atoms with van der Waals surface area (Å²) in [5.74, 6) is 2.27. The van der Waals surface area contributed by atoms with Gasteiger partial charge in [0.15, 0.2) is 0 Å². The van der Waals surface area contributed by atoms with Gasteiger partial charge in [-0.3, -0.25) is 0 Å². The van der Waals surface area contributed by atoms with Gasteiger partial charge in [0, 0.05) is 18.2 Å². The molecule has 2 rings (SSSR count). The molecule has 106 valence electrons. The molecule has 0 fully saturated rings. The molecule has 0 aliphatic carbocycles. The molecule has 2 aromatic rings. The average molecular weight is 295 g/mol. The maximum atomic E-state index is 6.03. The fourth-order valence-corrected chi connectivity index (χ4v) is 1.97. The molecular weight excluding hydrogens is 280 g/mol. The number of hydrogen-bond acceptors (Lipinski definition) is 5. The molecule has 0 aliphatic rings. The molecule has 1 heterocycles. The zero-order chi connectivity index (χ0) is 14.5. The molecular formula is C14H15ClN2O3. The first-order chi connectivity index (χ1) is 9.67. The second-order valence-corrected chi connectivity index (χ2v) is 4.31. The number of hydrogen-bond donors (Lipinski definition) is 0. The van der Waals surface area contributed by atoms with Crippen LogP contribution in [0.2, 0.25) is 5.15 Å². The highest BCUT2D eigenvalue weighted by atomic mass is 35.5. The molecule has 20 heavy (non-hydrogen) atoms. The number of rotatable bonds is 5. The lowest BCUT2D eigenvalue weighted by Gasteiger charge is -2.11. The lowest BCUT2D eigenvalue weighted by molar-refractivity contribution is 0.384. The Labute approximate surface area is 122 Å². The van der Waals surface area contributed by atoms with Crippen LogP contribution >= 0.6 is 11.6 Å². The largest absolute Gasteiger partial charge is 0.496 e. The van der Waals surface area contributed by atoms with E-state index in [1.54, 1.807) is 32.4 Å². The third-order valence-electron chi connectivity index (χ3n) is 2.75. The van der Waals surface area contributed by atoms with Crippen LogP contribution in [0.1, 0.15) is 12.5 Å². The second kappa shape index (κ2) is 6.43. The predicted octanol–water partition coefficient (Wildman–Crippen LogP) is 3.50. The Morgan fingerprint density at radius 2 is 1.60 bits per heavy atom. The second-order valence-electron chi connectivity index (χ2n) is 3.95. The normalized spacial score (nSPS) is 10.2. The van der Waals surface area contributed by atoms with Crippen LogP contribution in [0, 0.1) is 0 Å². The lowest BCUT2D eigenvalue weighted by Crippen LogP contribution is -1.97. The first kappa shape index (κ1) is 14.4. The Balaban J connectivity index is 2.37. The molecule has 5 nitrogen and oxygen atoms in total. The first-order valence-electron chi connectivity index (χ1n) is 6.08. The summed E-state index contributed by atoms with van der Waals surface area (Å²) in [5.41, 5.74) is 0.760. The highest BCUT2D eigenvalue weighted by molar-refractivity contribution is 6.30. The summed E-state index contributed by atoms with van der Waals surface area (Å²) < 4.78 is 16.2. The number of aromatic nitrogens is 2. The van der Waals surface area contributed by atoms with Crippen molar-refractivity contribution in [3.8, 4) is 23.1 Å². The molecule has 0 radical (unpaired) electrons. The Bertz CT molecular complexity index is 583. The standard InChI is InChI=1S/C14H15ClN2O3/c1-4-12-13(15)16-8-17-14(12)20-11-6-9(18-2)5-10(7-11)19-3/h5-8H,4H2,1-3H3. The minimum Gasteiger partial charge on any atom is -0.496 e. The minimum absolute atomic E-state index is 0.396. The Morgan fingerprint density at radius 1 is 1.00 bits per heavy atom. The summed E-state index contributed by atoms with van der Waals surface area (Å²) in [5, 5.41) is 0.396. The van der Waals surface area contributed by atoms with Crippen molar-refractivity contribution in [2.24, 2.45) is 0 Å². The van der Waals surface area contributed by atoms with Gasteiger partial charge in [-0.05, 0) is 6.42 Å². The summed E-state index contributed by atoms with van der Waals surface area (Å²) in [7, 11) is 3.16. The van der Waals surface area contributed by atoms with E-state index in [0.717, 1.165) is 5.56 Å². The van der Waals surface area contributed by atoms with Crippen LogP contribution in [0.15, 0.2) is 24.5 Å². The van der Waals surface area contributed by atoms with Gasteiger partial charge in [0.25, 0.3) is 0 Å². The van der Waals surface area contributed by atoms with Crippen molar-refractivity contribution in [3.05, 3.63) is 35.2 Å². The third kappa shape index (κ3) is 3.11. The van der Waals surface area contributed by atoms with E-state index in [2.05, 4.69) is 9.97 Å². The monoisotopic (exact) mass is 294 g/mol. The van der Waals surface area contributed by atoms with Gasteiger partial charge < -0.3 is 14.2 Å². The zero-order valence-corrected chi connectivity index (χ0v) is 12.3. The van der Waals surface area contributed by atoms with Crippen LogP contribution in [0.5, 0.6) is 23.1 Å². The average Bonchev–Trinajstić information content (AvgIpc) is 2.47. The number of ether oxygens (including phenoxy) is 3. The minimum atomic E-state index is 0.396. The van der Waals surface area contributed by atoms with Crippen LogP contribution in [0.3, 0.4) is 0 Å². The molecule has 0 amide bonds. The highest BCUT2D eigenvalue weighted by Crippen LogP contribution is 2.32. The molecule has 0 N–H and O–H groups in total. The van der Waals surface area contributed by atoms with Gasteiger partial charge in [0.2, 0.25) is 5.88 Å². The quantitative estimate of drug-likeness (QED) is 0.790. The highest BCUT2D eigenvalue weighted by Gasteiger charge is 2.11. The number of benzene rings is 1. The van der Waals surface area contributed by atoms with E-state index in [1.165, 1.54) is 6.33 Å². The van der Waals surface area contributed by atoms with Crippen LogP contribution < -0.4 is 14.2 Å². The molecule has 0 aliphatic heterocycles. The summed E-state index contributed by atoms with van der Waals surface area (Å²) in [6.07, 6.45) is 2.05. The number of nitrogens with zero attached hydrogens (tertiary/aromatic N) is 2. The van der Waals surface area contributed by atoms with Crippen molar-refractivity contribution >= 4 is 11.6 Å². The summed E-state index contributed by atoms with van der Waals surface area (Å²) >= 11 is 6.03. The lowest BCUT2D eigenvalue weighted by atomic mass is 10.2. The topological polar surface area (TPSA) is 53.5 Å². The van der Waals surface area contributed by atoms with Crippen molar-refractivity contribution in [2.75, 3.05) is 14.2 Å². The molecule has 0 unspecified atom stereocenters. The van der Waals surface area contributed by atoms with Crippen LogP contribution in [0.25, 0.3) is 0 Å². The van der Waals surface area contributed by atoms with Gasteiger partial charge in [0.05, 0.1) is 19.8 Å². The number of methoxy groups -OCH3 is 2. The van der Waals surface area contributed by atoms with Crippen molar-refractivity contribution in [3.63, 3.8) is 0 Å². The maximum Gasteiger partial charge on any atom is 0.226 e. The van der Waals surface area contributed by atoms with Crippen molar-refractivity contribution in [1.29, 1.82) is 0 Å². The van der Waals surface area contributed by atoms with Gasteiger partial charge >= 0.3 is 0 Å². The molecule has 0 spiro atoms. The van der Waals surface area contributed by atoms with E-state index in [4.69, 9.17) is 25.8 Å². The third-order valence-corrected chi connectivity index (χ3v) is 3.07. The molecule has 6 heteroatoms. The van der Waals surface area contributed by atoms with Gasteiger partial charge in [-0.15, -0.1) is 0 Å². The van der Waals surface area contributed by atoms with Gasteiger partial charge in [-0.1, -0.05) is 18.5 Å². The predicted molar refractivity (Wildman–Crippen MR) is 76.0 cm³/mol. The van der Waals surface area contributed by atoms with Gasteiger partial charge in [0.1, 0.15) is 28.7 Å². The van der Waals surface area contributed by atoms with Crippen molar-refractivity contribution in [2.45, 2.75) is 13.3 Å². The Kier molecular flexibility index (Phi) is 4.63. The Hall–Kier alpha value is -2.01. The molecule has 0 saturated heterocycles. The van der Waals surface area contributed by atoms with E-state index in [9.17, 15) is 0 Å². The SMILES string of the molecule is CCc1c(Cl)ncnc1Oc1cc(OC)cc(OC)c1.